The van der Waals surface area contributed by atoms with Crippen molar-refractivity contribution < 1.29 is 9.84 Å². The molecule has 0 saturated heterocycles. The van der Waals surface area contributed by atoms with Gasteiger partial charge in [-0.15, -0.1) is 0 Å². The summed E-state index contributed by atoms with van der Waals surface area (Å²) in [5.41, 5.74) is 1.05. The van der Waals surface area contributed by atoms with Gasteiger partial charge in [0.15, 0.2) is 0 Å². The SMILES string of the molecule is CC(O)C1Oc2ccc1cc2. The van der Waals surface area contributed by atoms with E-state index in [9.17, 15) is 5.11 Å². The molecule has 1 aromatic rings. The van der Waals surface area contributed by atoms with Crippen LogP contribution in [0, 0.1) is 0 Å². The maximum atomic E-state index is 9.27. The summed E-state index contributed by atoms with van der Waals surface area (Å²) in [4.78, 5) is 0. The predicted octanol–water partition coefficient (Wildman–Crippen LogP) is 1.50. The van der Waals surface area contributed by atoms with E-state index in [2.05, 4.69) is 0 Å². The highest BCUT2D eigenvalue weighted by atomic mass is 16.5. The van der Waals surface area contributed by atoms with Crippen LogP contribution >= 0.6 is 0 Å². The Bertz CT molecular complexity index is 251. The van der Waals surface area contributed by atoms with Gasteiger partial charge in [-0.1, -0.05) is 12.1 Å². The zero-order valence-electron chi connectivity index (χ0n) is 6.32. The van der Waals surface area contributed by atoms with Gasteiger partial charge in [-0.2, -0.15) is 0 Å². The summed E-state index contributed by atoms with van der Waals surface area (Å²) in [6, 6.07) is 7.79. The smallest absolute Gasteiger partial charge is 0.149 e. The van der Waals surface area contributed by atoms with Gasteiger partial charge in [0.1, 0.15) is 11.9 Å². The van der Waals surface area contributed by atoms with Crippen LogP contribution in [-0.4, -0.2) is 11.2 Å². The first kappa shape index (κ1) is 6.68. The molecule has 2 unspecified atom stereocenters. The average molecular weight is 150 g/mol. The minimum absolute atomic E-state index is 0.153. The Morgan fingerprint density at radius 3 is 2.27 bits per heavy atom. The van der Waals surface area contributed by atoms with Crippen LogP contribution in [0.2, 0.25) is 0 Å². The summed E-state index contributed by atoms with van der Waals surface area (Å²) in [5.74, 6) is 0.839. The summed E-state index contributed by atoms with van der Waals surface area (Å²) in [6.07, 6.45) is -0.588. The fourth-order valence-corrected chi connectivity index (χ4v) is 1.33. The highest BCUT2D eigenvalue weighted by Crippen LogP contribution is 2.31. The molecule has 0 amide bonds. The van der Waals surface area contributed by atoms with Crippen LogP contribution in [0.5, 0.6) is 5.75 Å². The zero-order valence-corrected chi connectivity index (χ0v) is 6.32. The van der Waals surface area contributed by atoms with Crippen molar-refractivity contribution in [3.05, 3.63) is 29.8 Å². The zero-order chi connectivity index (χ0) is 7.84. The molecule has 1 N–H and O–H groups in total. The molecule has 0 radical (unpaired) electrons. The van der Waals surface area contributed by atoms with Crippen molar-refractivity contribution in [3.8, 4) is 5.75 Å². The Labute approximate surface area is 65.4 Å². The Balaban J connectivity index is 2.36. The lowest BCUT2D eigenvalue weighted by atomic mass is 10.0. The van der Waals surface area contributed by atoms with Crippen LogP contribution in [0.1, 0.15) is 18.6 Å². The van der Waals surface area contributed by atoms with Crippen molar-refractivity contribution in [2.45, 2.75) is 19.1 Å². The van der Waals surface area contributed by atoms with Crippen LogP contribution in [0.3, 0.4) is 0 Å². The molecule has 0 aliphatic carbocycles. The van der Waals surface area contributed by atoms with Crippen LogP contribution in [0.15, 0.2) is 24.3 Å². The molecule has 0 saturated carbocycles. The van der Waals surface area contributed by atoms with E-state index in [0.29, 0.717) is 0 Å². The summed E-state index contributed by atoms with van der Waals surface area (Å²) in [5, 5.41) is 9.27. The lowest BCUT2D eigenvalue weighted by Gasteiger charge is -2.26. The van der Waals surface area contributed by atoms with Gasteiger partial charge < -0.3 is 9.84 Å². The van der Waals surface area contributed by atoms with Crippen LogP contribution < -0.4 is 4.74 Å². The number of fused-ring (bicyclic) bond motifs is 3. The number of rotatable bonds is 1. The Kier molecular flexibility index (Phi) is 1.36. The third kappa shape index (κ3) is 0.994. The number of benzene rings is 1. The second-order valence-corrected chi connectivity index (χ2v) is 2.85. The minimum Gasteiger partial charge on any atom is -0.483 e. The van der Waals surface area contributed by atoms with E-state index in [1.807, 2.05) is 24.3 Å². The van der Waals surface area contributed by atoms with Gasteiger partial charge >= 0.3 is 0 Å². The molecule has 2 heterocycles. The van der Waals surface area contributed by atoms with E-state index in [4.69, 9.17) is 4.74 Å². The molecule has 2 nitrogen and oxygen atoms in total. The first-order chi connectivity index (χ1) is 5.27. The summed E-state index contributed by atoms with van der Waals surface area (Å²) in [6.45, 7) is 1.74. The molecular weight excluding hydrogens is 140 g/mol. The van der Waals surface area contributed by atoms with E-state index < -0.39 is 6.10 Å². The quantitative estimate of drug-likeness (QED) is 0.657. The molecule has 58 valence electrons. The number of ether oxygens (including phenoxy) is 1. The van der Waals surface area contributed by atoms with Crippen molar-refractivity contribution >= 4 is 0 Å². The van der Waals surface area contributed by atoms with E-state index in [-0.39, 0.29) is 6.10 Å². The van der Waals surface area contributed by atoms with E-state index in [0.717, 1.165) is 11.3 Å². The minimum atomic E-state index is -0.435. The number of hydrogen-bond donors (Lipinski definition) is 1. The van der Waals surface area contributed by atoms with Gasteiger partial charge in [-0.05, 0) is 24.6 Å². The molecular formula is C9H10O2. The van der Waals surface area contributed by atoms with Crippen molar-refractivity contribution in [1.29, 1.82) is 0 Å². The normalized spacial score (nSPS) is 22.9. The molecule has 2 bridgehead atoms. The second kappa shape index (κ2) is 2.24. The van der Waals surface area contributed by atoms with Gasteiger partial charge in [-0.25, -0.2) is 0 Å². The monoisotopic (exact) mass is 150 g/mol. The fourth-order valence-electron chi connectivity index (χ4n) is 1.33. The van der Waals surface area contributed by atoms with E-state index in [1.165, 1.54) is 0 Å². The Morgan fingerprint density at radius 1 is 1.36 bits per heavy atom. The molecule has 0 fully saturated rings. The lowest BCUT2D eigenvalue weighted by molar-refractivity contribution is 0.0436. The second-order valence-electron chi connectivity index (χ2n) is 2.85. The van der Waals surface area contributed by atoms with Gasteiger partial charge in [0.05, 0.1) is 6.10 Å². The van der Waals surface area contributed by atoms with Crippen molar-refractivity contribution in [2.24, 2.45) is 0 Å². The van der Waals surface area contributed by atoms with Gasteiger partial charge in [0.2, 0.25) is 0 Å². The molecule has 2 heteroatoms. The summed E-state index contributed by atoms with van der Waals surface area (Å²) < 4.78 is 5.40. The fraction of sp³-hybridized carbons (Fsp3) is 0.333. The maximum absolute atomic E-state index is 9.27. The van der Waals surface area contributed by atoms with Crippen molar-refractivity contribution in [2.75, 3.05) is 0 Å². The number of aliphatic hydroxyl groups is 1. The largest absolute Gasteiger partial charge is 0.483 e. The van der Waals surface area contributed by atoms with Crippen LogP contribution in [0.4, 0.5) is 0 Å². The van der Waals surface area contributed by atoms with E-state index >= 15 is 0 Å². The number of aliphatic hydroxyl groups excluding tert-OH is 1. The molecule has 2 aliphatic heterocycles. The van der Waals surface area contributed by atoms with Crippen LogP contribution in [-0.2, 0) is 0 Å². The standard InChI is InChI=1S/C9H10O2/c1-6(10)9-7-2-4-8(11-9)5-3-7/h2-6,9-10H,1H3. The first-order valence-electron chi connectivity index (χ1n) is 3.72. The molecule has 2 aliphatic rings. The van der Waals surface area contributed by atoms with Gasteiger partial charge in [0.25, 0.3) is 0 Å². The molecule has 3 rings (SSSR count). The molecule has 2 atom stereocenters. The third-order valence-electron chi connectivity index (χ3n) is 1.91. The van der Waals surface area contributed by atoms with Crippen molar-refractivity contribution in [3.63, 3.8) is 0 Å². The maximum Gasteiger partial charge on any atom is 0.149 e. The predicted molar refractivity (Wildman–Crippen MR) is 41.5 cm³/mol. The average Bonchev–Trinajstić information content (AvgIpc) is 2.06. The third-order valence-corrected chi connectivity index (χ3v) is 1.91. The topological polar surface area (TPSA) is 29.5 Å². The summed E-state index contributed by atoms with van der Waals surface area (Å²) in [7, 11) is 0. The highest BCUT2D eigenvalue weighted by Gasteiger charge is 2.22. The lowest BCUT2D eigenvalue weighted by Crippen LogP contribution is -2.23. The van der Waals surface area contributed by atoms with Crippen molar-refractivity contribution in [1.82, 2.24) is 0 Å². The van der Waals surface area contributed by atoms with Gasteiger partial charge in [-0.3, -0.25) is 0 Å². The molecule has 0 spiro atoms. The molecule has 1 aromatic carbocycles. The van der Waals surface area contributed by atoms with E-state index in [1.54, 1.807) is 6.92 Å². The number of hydrogen-bond acceptors (Lipinski definition) is 2. The summed E-state index contributed by atoms with van der Waals surface area (Å²) >= 11 is 0. The van der Waals surface area contributed by atoms with Gasteiger partial charge in [0, 0.05) is 0 Å². The molecule has 0 aromatic heterocycles. The highest BCUT2D eigenvalue weighted by molar-refractivity contribution is 5.34. The molecule has 11 heavy (non-hydrogen) atoms. The Morgan fingerprint density at radius 2 is 2.00 bits per heavy atom. The first-order valence-corrected chi connectivity index (χ1v) is 3.72. The van der Waals surface area contributed by atoms with Crippen LogP contribution in [0.25, 0.3) is 0 Å². The Hall–Kier alpha value is -1.02.